The summed E-state index contributed by atoms with van der Waals surface area (Å²) in [5.74, 6) is 0. The lowest BCUT2D eigenvalue weighted by Gasteiger charge is -2.35. The summed E-state index contributed by atoms with van der Waals surface area (Å²) in [6.45, 7) is 0. The molecule has 5 nitrogen and oxygen atoms in total. The second kappa shape index (κ2) is 3.04. The maximum absolute atomic E-state index is 8.97. The summed E-state index contributed by atoms with van der Waals surface area (Å²) in [5, 5.41) is 44.8. The van der Waals surface area contributed by atoms with Gasteiger partial charge in [-0.1, -0.05) is 0 Å². The highest BCUT2D eigenvalue weighted by atomic mass is 16.4. The Kier molecular flexibility index (Phi) is 2.46. The van der Waals surface area contributed by atoms with Crippen molar-refractivity contribution in [2.45, 2.75) is 36.9 Å². The van der Waals surface area contributed by atoms with Crippen LogP contribution in [-0.2, 0) is 0 Å². The van der Waals surface area contributed by atoms with Crippen LogP contribution >= 0.6 is 0 Å². The molecular weight excluding hydrogens is 152 g/mol. The van der Waals surface area contributed by atoms with Gasteiger partial charge in [-0.15, -0.1) is 0 Å². The van der Waals surface area contributed by atoms with E-state index in [1.165, 1.54) is 0 Å². The van der Waals surface area contributed by atoms with E-state index in [1.807, 2.05) is 0 Å². The molecule has 1 aliphatic rings. The summed E-state index contributed by atoms with van der Waals surface area (Å²) in [7, 11) is 0. The van der Waals surface area contributed by atoms with Crippen LogP contribution in [0, 0.1) is 0 Å². The van der Waals surface area contributed by atoms with Crippen LogP contribution < -0.4 is 0 Å². The molecule has 0 aliphatic heterocycles. The van der Waals surface area contributed by atoms with Gasteiger partial charge in [0, 0.05) is 6.42 Å². The van der Waals surface area contributed by atoms with Gasteiger partial charge in [-0.3, -0.25) is 0 Å². The van der Waals surface area contributed by atoms with Crippen molar-refractivity contribution in [1.29, 1.82) is 0 Å². The molecule has 1 unspecified atom stereocenters. The van der Waals surface area contributed by atoms with Gasteiger partial charge in [0.05, 0.1) is 12.2 Å². The van der Waals surface area contributed by atoms with Crippen molar-refractivity contribution < 1.29 is 25.5 Å². The first kappa shape index (κ1) is 8.89. The van der Waals surface area contributed by atoms with Gasteiger partial charge in [0.15, 0.2) is 0 Å². The lowest BCUT2D eigenvalue weighted by molar-refractivity contribution is -0.176. The van der Waals surface area contributed by atoms with E-state index in [0.29, 0.717) is 0 Å². The average molecular weight is 164 g/mol. The zero-order valence-electron chi connectivity index (χ0n) is 5.83. The zero-order chi connectivity index (χ0) is 8.59. The van der Waals surface area contributed by atoms with Crippen molar-refractivity contribution in [2.75, 3.05) is 0 Å². The Morgan fingerprint density at radius 3 is 1.36 bits per heavy atom. The first-order chi connectivity index (χ1) is 5.04. The van der Waals surface area contributed by atoms with Crippen LogP contribution in [0.5, 0.6) is 0 Å². The second-order valence-electron chi connectivity index (χ2n) is 2.84. The average Bonchev–Trinajstić information content (AvgIpc) is 1.97. The molecule has 0 radical (unpaired) electrons. The van der Waals surface area contributed by atoms with Crippen molar-refractivity contribution >= 4 is 0 Å². The Bertz CT molecular complexity index is 125. The molecule has 11 heavy (non-hydrogen) atoms. The first-order valence-corrected chi connectivity index (χ1v) is 3.44. The molecule has 0 heterocycles. The summed E-state index contributed by atoms with van der Waals surface area (Å²) in [6.07, 6.45) is -6.64. The van der Waals surface area contributed by atoms with Crippen LogP contribution in [0.1, 0.15) is 6.42 Å². The minimum Gasteiger partial charge on any atom is -0.390 e. The standard InChI is InChI=1S/C6H12O5/c7-2-1-3(8)5(10)6(11)4(2)9/h2-11H,1H2/t2-,3-,4-,5+,6?/m0/s1. The Labute approximate surface area is 63.5 Å². The van der Waals surface area contributed by atoms with E-state index in [-0.39, 0.29) is 6.42 Å². The molecular formula is C6H12O5. The molecule has 0 aromatic carbocycles. The van der Waals surface area contributed by atoms with Crippen LogP contribution in [-0.4, -0.2) is 56.1 Å². The van der Waals surface area contributed by atoms with Gasteiger partial charge in [0.2, 0.25) is 0 Å². The molecule has 5 atom stereocenters. The van der Waals surface area contributed by atoms with Crippen molar-refractivity contribution in [2.24, 2.45) is 0 Å². The number of aliphatic hydroxyl groups is 5. The smallest absolute Gasteiger partial charge is 0.111 e. The number of aliphatic hydroxyl groups excluding tert-OH is 5. The topological polar surface area (TPSA) is 101 Å². The fourth-order valence-electron chi connectivity index (χ4n) is 1.18. The quantitative estimate of drug-likeness (QED) is 0.266. The molecule has 0 amide bonds. The molecule has 0 bridgehead atoms. The van der Waals surface area contributed by atoms with Crippen LogP contribution in [0.2, 0.25) is 0 Å². The maximum atomic E-state index is 8.97. The number of rotatable bonds is 0. The minimum atomic E-state index is -1.46. The molecule has 0 spiro atoms. The van der Waals surface area contributed by atoms with Gasteiger partial charge in [-0.25, -0.2) is 0 Å². The van der Waals surface area contributed by atoms with Crippen LogP contribution in [0.4, 0.5) is 0 Å². The number of hydrogen-bond acceptors (Lipinski definition) is 5. The number of hydrogen-bond donors (Lipinski definition) is 5. The molecule has 1 rings (SSSR count). The second-order valence-corrected chi connectivity index (χ2v) is 2.84. The lowest BCUT2D eigenvalue weighted by Crippen LogP contribution is -2.55. The van der Waals surface area contributed by atoms with Crippen LogP contribution in [0.3, 0.4) is 0 Å². The predicted octanol–water partition coefficient (Wildman–Crippen LogP) is -2.81. The summed E-state index contributed by atoms with van der Waals surface area (Å²) in [5.41, 5.74) is 0. The molecule has 0 aromatic rings. The summed E-state index contributed by atoms with van der Waals surface area (Å²) < 4.78 is 0. The van der Waals surface area contributed by atoms with Gasteiger partial charge < -0.3 is 25.5 Å². The Morgan fingerprint density at radius 2 is 1.00 bits per heavy atom. The van der Waals surface area contributed by atoms with Gasteiger partial charge in [0.1, 0.15) is 18.3 Å². The highest BCUT2D eigenvalue weighted by molar-refractivity contribution is 4.92. The zero-order valence-corrected chi connectivity index (χ0v) is 5.83. The van der Waals surface area contributed by atoms with Crippen LogP contribution in [0.15, 0.2) is 0 Å². The van der Waals surface area contributed by atoms with Crippen molar-refractivity contribution in [3.05, 3.63) is 0 Å². The van der Waals surface area contributed by atoms with Gasteiger partial charge in [-0.2, -0.15) is 0 Å². The SMILES string of the molecule is OC1[C@@H](O)[C@@H](O)C[C@H](O)[C@H]1O. The third-order valence-corrected chi connectivity index (χ3v) is 1.97. The Hall–Kier alpha value is -0.200. The van der Waals surface area contributed by atoms with Gasteiger partial charge >= 0.3 is 0 Å². The molecule has 0 saturated heterocycles. The van der Waals surface area contributed by atoms with E-state index in [9.17, 15) is 0 Å². The monoisotopic (exact) mass is 164 g/mol. The molecule has 66 valence electrons. The van der Waals surface area contributed by atoms with E-state index in [1.54, 1.807) is 0 Å². The molecule has 1 saturated carbocycles. The first-order valence-electron chi connectivity index (χ1n) is 3.44. The minimum absolute atomic E-state index is 0.112. The fourth-order valence-corrected chi connectivity index (χ4v) is 1.18. The van der Waals surface area contributed by atoms with E-state index in [0.717, 1.165) is 0 Å². The molecule has 5 heteroatoms. The third-order valence-electron chi connectivity index (χ3n) is 1.97. The normalized spacial score (nSPS) is 52.6. The van der Waals surface area contributed by atoms with Crippen molar-refractivity contribution in [3.8, 4) is 0 Å². The lowest BCUT2D eigenvalue weighted by atomic mass is 9.87. The predicted molar refractivity (Wildman–Crippen MR) is 34.7 cm³/mol. The summed E-state index contributed by atoms with van der Waals surface area (Å²) in [6, 6.07) is 0. The Balaban J connectivity index is 2.63. The van der Waals surface area contributed by atoms with Crippen LogP contribution in [0.25, 0.3) is 0 Å². The molecule has 1 fully saturated rings. The molecule has 1 aliphatic carbocycles. The maximum Gasteiger partial charge on any atom is 0.111 e. The van der Waals surface area contributed by atoms with E-state index < -0.39 is 30.5 Å². The van der Waals surface area contributed by atoms with Gasteiger partial charge in [0.25, 0.3) is 0 Å². The summed E-state index contributed by atoms with van der Waals surface area (Å²) >= 11 is 0. The van der Waals surface area contributed by atoms with E-state index >= 15 is 0 Å². The van der Waals surface area contributed by atoms with E-state index in [2.05, 4.69) is 0 Å². The third kappa shape index (κ3) is 1.52. The Morgan fingerprint density at radius 1 is 0.636 bits per heavy atom. The van der Waals surface area contributed by atoms with Crippen molar-refractivity contribution in [3.63, 3.8) is 0 Å². The highest BCUT2D eigenvalue weighted by Crippen LogP contribution is 2.20. The summed E-state index contributed by atoms with van der Waals surface area (Å²) in [4.78, 5) is 0. The van der Waals surface area contributed by atoms with Gasteiger partial charge in [-0.05, 0) is 0 Å². The molecule has 5 N–H and O–H groups in total. The molecule has 0 aromatic heterocycles. The van der Waals surface area contributed by atoms with E-state index in [4.69, 9.17) is 25.5 Å². The largest absolute Gasteiger partial charge is 0.390 e. The fraction of sp³-hybridized carbons (Fsp3) is 1.00. The highest BCUT2D eigenvalue weighted by Gasteiger charge is 2.40. The van der Waals surface area contributed by atoms with Crippen molar-refractivity contribution in [1.82, 2.24) is 0 Å².